The predicted molar refractivity (Wildman–Crippen MR) is 72.6 cm³/mol. The summed E-state index contributed by atoms with van der Waals surface area (Å²) < 4.78 is 5.35. The average Bonchev–Trinajstić information content (AvgIpc) is 2.88. The minimum absolute atomic E-state index is 0.00616. The van der Waals surface area contributed by atoms with Gasteiger partial charge in [0.05, 0.1) is 12.6 Å². The molecule has 1 N–H and O–H groups in total. The Morgan fingerprint density at radius 3 is 2.89 bits per heavy atom. The lowest BCUT2D eigenvalue weighted by Gasteiger charge is -2.23. The van der Waals surface area contributed by atoms with Gasteiger partial charge in [-0.05, 0) is 32.9 Å². The van der Waals surface area contributed by atoms with E-state index >= 15 is 0 Å². The van der Waals surface area contributed by atoms with E-state index in [9.17, 15) is 4.79 Å². The normalized spacial score (nSPS) is 23.9. The van der Waals surface area contributed by atoms with Gasteiger partial charge in [0, 0.05) is 22.9 Å². The molecule has 2 unspecified atom stereocenters. The summed E-state index contributed by atoms with van der Waals surface area (Å²) in [5, 5.41) is 3.34. The van der Waals surface area contributed by atoms with Crippen LogP contribution < -0.4 is 5.32 Å². The molecule has 4 nitrogen and oxygen atoms in total. The summed E-state index contributed by atoms with van der Waals surface area (Å²) in [6, 6.07) is 4.08. The smallest absolute Gasteiger partial charge is 0.241 e. The summed E-state index contributed by atoms with van der Waals surface area (Å²) in [5.41, 5.74) is 0. The van der Waals surface area contributed by atoms with Crippen LogP contribution >= 0.6 is 11.3 Å². The van der Waals surface area contributed by atoms with Gasteiger partial charge in [-0.15, -0.1) is 11.3 Å². The van der Waals surface area contributed by atoms with Crippen LogP contribution in [-0.4, -0.2) is 36.6 Å². The first-order chi connectivity index (χ1) is 8.63. The van der Waals surface area contributed by atoms with E-state index < -0.39 is 0 Å². The van der Waals surface area contributed by atoms with Crippen molar-refractivity contribution in [2.24, 2.45) is 0 Å². The third-order valence-corrected chi connectivity index (χ3v) is 4.14. The number of carbonyl (C=O) groups is 1. The number of amides is 1. The zero-order chi connectivity index (χ0) is 13.1. The van der Waals surface area contributed by atoms with Gasteiger partial charge in [-0.25, -0.2) is 0 Å². The SMILES string of the molecule is CCOCCN1C(=O)C(C)NC1c1ccc(C)s1. The second kappa shape index (κ2) is 5.82. The van der Waals surface area contributed by atoms with Gasteiger partial charge in [-0.3, -0.25) is 10.1 Å². The fraction of sp³-hybridized carbons (Fsp3) is 0.615. The van der Waals surface area contributed by atoms with Crippen molar-refractivity contribution in [2.45, 2.75) is 33.0 Å². The summed E-state index contributed by atoms with van der Waals surface area (Å²) in [6.45, 7) is 7.89. The van der Waals surface area contributed by atoms with Crippen LogP contribution in [0.3, 0.4) is 0 Å². The summed E-state index contributed by atoms with van der Waals surface area (Å²) in [6.07, 6.45) is 0.00616. The maximum Gasteiger partial charge on any atom is 0.241 e. The second-order valence-electron chi connectivity index (χ2n) is 4.47. The first-order valence-corrected chi connectivity index (χ1v) is 7.15. The molecule has 0 bridgehead atoms. The van der Waals surface area contributed by atoms with Crippen LogP contribution in [0.4, 0.5) is 0 Å². The Kier molecular flexibility index (Phi) is 4.37. The summed E-state index contributed by atoms with van der Waals surface area (Å²) >= 11 is 1.73. The van der Waals surface area contributed by atoms with Crippen LogP contribution in [0.2, 0.25) is 0 Å². The van der Waals surface area contributed by atoms with E-state index in [2.05, 4.69) is 24.4 Å². The Morgan fingerprint density at radius 1 is 1.50 bits per heavy atom. The van der Waals surface area contributed by atoms with Crippen molar-refractivity contribution in [3.05, 3.63) is 21.9 Å². The molecule has 0 aromatic carbocycles. The standard InChI is InChI=1S/C13H20N2O2S/c1-4-17-8-7-15-12(14-10(3)13(15)16)11-6-5-9(2)18-11/h5-6,10,12,14H,4,7-8H2,1-3H3. The molecule has 0 saturated carbocycles. The van der Waals surface area contributed by atoms with Gasteiger partial charge in [-0.2, -0.15) is 0 Å². The molecule has 100 valence electrons. The molecule has 0 spiro atoms. The van der Waals surface area contributed by atoms with E-state index in [1.165, 1.54) is 9.75 Å². The van der Waals surface area contributed by atoms with Gasteiger partial charge in [0.1, 0.15) is 6.17 Å². The van der Waals surface area contributed by atoms with Crippen LogP contribution in [0.5, 0.6) is 0 Å². The molecule has 1 aromatic rings. The van der Waals surface area contributed by atoms with E-state index in [1.807, 2.05) is 18.7 Å². The fourth-order valence-electron chi connectivity index (χ4n) is 2.16. The number of nitrogens with one attached hydrogen (secondary N) is 1. The van der Waals surface area contributed by atoms with Gasteiger partial charge in [0.25, 0.3) is 0 Å². The molecule has 0 aliphatic carbocycles. The molecular weight excluding hydrogens is 248 g/mol. The summed E-state index contributed by atoms with van der Waals surface area (Å²) in [7, 11) is 0. The van der Waals surface area contributed by atoms with Gasteiger partial charge in [0.15, 0.2) is 0 Å². The highest BCUT2D eigenvalue weighted by atomic mass is 32.1. The first kappa shape index (κ1) is 13.5. The zero-order valence-electron chi connectivity index (χ0n) is 11.1. The Balaban J connectivity index is 2.09. The van der Waals surface area contributed by atoms with Crippen LogP contribution in [0.15, 0.2) is 12.1 Å². The van der Waals surface area contributed by atoms with Crippen LogP contribution in [-0.2, 0) is 9.53 Å². The van der Waals surface area contributed by atoms with Crippen LogP contribution in [0, 0.1) is 6.92 Å². The minimum atomic E-state index is -0.112. The molecule has 5 heteroatoms. The Morgan fingerprint density at radius 2 is 2.28 bits per heavy atom. The molecule has 1 aliphatic heterocycles. The molecule has 1 aliphatic rings. The number of hydrogen-bond acceptors (Lipinski definition) is 4. The Bertz CT molecular complexity index is 419. The van der Waals surface area contributed by atoms with E-state index in [1.54, 1.807) is 11.3 Å². The molecule has 0 radical (unpaired) electrons. The maximum absolute atomic E-state index is 12.1. The van der Waals surface area contributed by atoms with Crippen molar-refractivity contribution in [3.8, 4) is 0 Å². The number of carbonyl (C=O) groups excluding carboxylic acids is 1. The van der Waals surface area contributed by atoms with E-state index in [4.69, 9.17) is 4.74 Å². The monoisotopic (exact) mass is 268 g/mol. The van der Waals surface area contributed by atoms with Crippen LogP contribution in [0.25, 0.3) is 0 Å². The fourth-order valence-corrected chi connectivity index (χ4v) is 3.11. The Hall–Kier alpha value is -0.910. The zero-order valence-corrected chi connectivity index (χ0v) is 11.9. The summed E-state index contributed by atoms with van der Waals surface area (Å²) in [5.74, 6) is 0.158. The number of thiophene rings is 1. The van der Waals surface area contributed by atoms with Crippen molar-refractivity contribution in [2.75, 3.05) is 19.8 Å². The van der Waals surface area contributed by atoms with Crippen LogP contribution in [0.1, 0.15) is 29.8 Å². The lowest BCUT2D eigenvalue weighted by atomic mass is 10.3. The number of nitrogens with zero attached hydrogens (tertiary/aromatic N) is 1. The van der Waals surface area contributed by atoms with Gasteiger partial charge in [0.2, 0.25) is 5.91 Å². The molecule has 2 heterocycles. The van der Waals surface area contributed by atoms with Crippen molar-refractivity contribution in [3.63, 3.8) is 0 Å². The third kappa shape index (κ3) is 2.74. The maximum atomic E-state index is 12.1. The van der Waals surface area contributed by atoms with Gasteiger partial charge < -0.3 is 9.64 Å². The van der Waals surface area contributed by atoms with Crippen molar-refractivity contribution >= 4 is 17.2 Å². The highest BCUT2D eigenvalue weighted by Crippen LogP contribution is 2.30. The lowest BCUT2D eigenvalue weighted by molar-refractivity contribution is -0.130. The number of ether oxygens (including phenoxy) is 1. The molecule has 1 amide bonds. The number of hydrogen-bond donors (Lipinski definition) is 1. The average molecular weight is 268 g/mol. The highest BCUT2D eigenvalue weighted by Gasteiger charge is 2.37. The van der Waals surface area contributed by atoms with E-state index in [0.29, 0.717) is 19.8 Å². The molecule has 1 fully saturated rings. The topological polar surface area (TPSA) is 41.6 Å². The van der Waals surface area contributed by atoms with Crippen molar-refractivity contribution in [1.82, 2.24) is 10.2 Å². The second-order valence-corrected chi connectivity index (χ2v) is 5.79. The predicted octanol–water partition coefficient (Wildman–Crippen LogP) is 1.91. The van der Waals surface area contributed by atoms with E-state index in [0.717, 1.165) is 0 Å². The molecule has 1 aromatic heterocycles. The number of aryl methyl sites for hydroxylation is 1. The van der Waals surface area contributed by atoms with Gasteiger partial charge >= 0.3 is 0 Å². The van der Waals surface area contributed by atoms with Gasteiger partial charge in [-0.1, -0.05) is 0 Å². The Labute approximate surface area is 112 Å². The third-order valence-electron chi connectivity index (χ3n) is 3.08. The molecule has 1 saturated heterocycles. The molecule has 2 rings (SSSR count). The van der Waals surface area contributed by atoms with E-state index in [-0.39, 0.29) is 18.1 Å². The minimum Gasteiger partial charge on any atom is -0.380 e. The molecular formula is C13H20N2O2S. The summed E-state index contributed by atoms with van der Waals surface area (Å²) in [4.78, 5) is 16.4. The highest BCUT2D eigenvalue weighted by molar-refractivity contribution is 7.12. The molecule has 18 heavy (non-hydrogen) atoms. The quantitative estimate of drug-likeness (QED) is 0.829. The lowest BCUT2D eigenvalue weighted by Crippen LogP contribution is -2.33. The number of rotatable bonds is 5. The first-order valence-electron chi connectivity index (χ1n) is 6.34. The van der Waals surface area contributed by atoms with Crippen molar-refractivity contribution < 1.29 is 9.53 Å². The van der Waals surface area contributed by atoms with Crippen molar-refractivity contribution in [1.29, 1.82) is 0 Å². The largest absolute Gasteiger partial charge is 0.380 e. The molecule has 2 atom stereocenters.